The minimum atomic E-state index is -0.942. The van der Waals surface area contributed by atoms with Crippen molar-refractivity contribution in [2.24, 2.45) is 5.92 Å². The van der Waals surface area contributed by atoms with Crippen LogP contribution >= 0.6 is 0 Å². The van der Waals surface area contributed by atoms with Crippen molar-refractivity contribution in [3.8, 4) is 5.75 Å². The third kappa shape index (κ3) is 7.20. The molecule has 1 aromatic rings. The summed E-state index contributed by atoms with van der Waals surface area (Å²) in [6.07, 6.45) is -0.0957. The molecule has 0 aliphatic heterocycles. The first-order valence-electron chi connectivity index (χ1n) is 6.93. The number of benzene rings is 1. The normalized spacial score (nSPS) is 10.2. The second-order valence-electron chi connectivity index (χ2n) is 5.07. The Balaban J connectivity index is 2.43. The summed E-state index contributed by atoms with van der Waals surface area (Å²) in [4.78, 5) is 21.9. The number of aliphatic carboxylic acids is 1. The van der Waals surface area contributed by atoms with Gasteiger partial charge in [0, 0.05) is 18.7 Å². The maximum absolute atomic E-state index is 11.5. The molecule has 0 spiro atoms. The molecule has 6 nitrogen and oxygen atoms in total. The van der Waals surface area contributed by atoms with E-state index in [2.05, 4.69) is 24.5 Å². The zero-order chi connectivity index (χ0) is 15.7. The van der Waals surface area contributed by atoms with Gasteiger partial charge in [-0.3, -0.25) is 4.79 Å². The summed E-state index contributed by atoms with van der Waals surface area (Å²) >= 11 is 0. The lowest BCUT2D eigenvalue weighted by Gasteiger charge is -2.13. The average Bonchev–Trinajstić information content (AvgIpc) is 2.43. The zero-order valence-corrected chi connectivity index (χ0v) is 12.4. The molecule has 0 heterocycles. The standard InChI is InChI=1S/C15H22N2O4/c1-11(2)10-21-13-6-4-3-5-12(13)9-17-15(20)16-8-7-14(18)19/h3-6,11H,7-10H2,1-2H3,(H,18,19)(H2,16,17,20). The molecule has 0 aromatic heterocycles. The van der Waals surface area contributed by atoms with Crippen LogP contribution in [0.5, 0.6) is 5.75 Å². The molecule has 2 amide bonds. The van der Waals surface area contributed by atoms with Gasteiger partial charge in [0.25, 0.3) is 0 Å². The third-order valence-electron chi connectivity index (χ3n) is 2.61. The maximum Gasteiger partial charge on any atom is 0.315 e. The molecule has 21 heavy (non-hydrogen) atoms. The maximum atomic E-state index is 11.5. The van der Waals surface area contributed by atoms with Crippen LogP contribution in [0, 0.1) is 5.92 Å². The van der Waals surface area contributed by atoms with Crippen LogP contribution in [0.2, 0.25) is 0 Å². The minimum Gasteiger partial charge on any atom is -0.493 e. The number of hydrogen-bond acceptors (Lipinski definition) is 3. The van der Waals surface area contributed by atoms with Crippen LogP contribution < -0.4 is 15.4 Å². The Morgan fingerprint density at radius 2 is 1.95 bits per heavy atom. The molecule has 0 atom stereocenters. The highest BCUT2D eigenvalue weighted by Gasteiger charge is 2.06. The second-order valence-corrected chi connectivity index (χ2v) is 5.07. The molecule has 0 saturated heterocycles. The van der Waals surface area contributed by atoms with E-state index >= 15 is 0 Å². The first-order valence-corrected chi connectivity index (χ1v) is 6.93. The summed E-state index contributed by atoms with van der Waals surface area (Å²) in [6.45, 7) is 5.18. The average molecular weight is 294 g/mol. The number of ether oxygens (including phenoxy) is 1. The highest BCUT2D eigenvalue weighted by Crippen LogP contribution is 2.18. The van der Waals surface area contributed by atoms with Crippen molar-refractivity contribution in [2.45, 2.75) is 26.8 Å². The molecule has 116 valence electrons. The van der Waals surface area contributed by atoms with E-state index in [1.165, 1.54) is 0 Å². The van der Waals surface area contributed by atoms with E-state index in [-0.39, 0.29) is 13.0 Å². The Morgan fingerprint density at radius 3 is 2.62 bits per heavy atom. The summed E-state index contributed by atoms with van der Waals surface area (Å²) < 4.78 is 5.69. The molecule has 1 rings (SSSR count). The summed E-state index contributed by atoms with van der Waals surface area (Å²) in [5.74, 6) is 0.227. The quantitative estimate of drug-likeness (QED) is 0.684. The second kappa shape index (κ2) is 8.84. The summed E-state index contributed by atoms with van der Waals surface area (Å²) in [5.41, 5.74) is 0.881. The van der Waals surface area contributed by atoms with Crippen LogP contribution in [-0.4, -0.2) is 30.3 Å². The van der Waals surface area contributed by atoms with E-state index in [9.17, 15) is 9.59 Å². The van der Waals surface area contributed by atoms with Crippen LogP contribution in [0.3, 0.4) is 0 Å². The fraction of sp³-hybridized carbons (Fsp3) is 0.467. The van der Waals surface area contributed by atoms with E-state index in [0.717, 1.165) is 11.3 Å². The van der Waals surface area contributed by atoms with Crippen molar-refractivity contribution in [2.75, 3.05) is 13.2 Å². The number of urea groups is 1. The highest BCUT2D eigenvalue weighted by atomic mass is 16.5. The Morgan fingerprint density at radius 1 is 1.24 bits per heavy atom. The van der Waals surface area contributed by atoms with Gasteiger partial charge in [0.2, 0.25) is 0 Å². The Bertz CT molecular complexity index is 474. The Kier molecular flexibility index (Phi) is 7.08. The number of rotatable bonds is 8. The van der Waals surface area contributed by atoms with Gasteiger partial charge in [-0.2, -0.15) is 0 Å². The molecule has 0 radical (unpaired) electrons. The Hall–Kier alpha value is -2.24. The van der Waals surface area contributed by atoms with Gasteiger partial charge < -0.3 is 20.5 Å². The van der Waals surface area contributed by atoms with Crippen molar-refractivity contribution in [3.63, 3.8) is 0 Å². The van der Waals surface area contributed by atoms with E-state index in [4.69, 9.17) is 9.84 Å². The van der Waals surface area contributed by atoms with Gasteiger partial charge in [0.05, 0.1) is 13.0 Å². The molecule has 0 bridgehead atoms. The number of carbonyl (C=O) groups is 2. The summed E-state index contributed by atoms with van der Waals surface area (Å²) in [5, 5.41) is 13.6. The van der Waals surface area contributed by atoms with Crippen LogP contribution in [0.1, 0.15) is 25.8 Å². The zero-order valence-electron chi connectivity index (χ0n) is 12.4. The monoisotopic (exact) mass is 294 g/mol. The minimum absolute atomic E-state index is 0.0957. The molecule has 0 saturated carbocycles. The number of carboxylic acid groups (broad SMARTS) is 1. The van der Waals surface area contributed by atoms with Crippen LogP contribution in [0.4, 0.5) is 4.79 Å². The lowest BCUT2D eigenvalue weighted by atomic mass is 10.2. The largest absolute Gasteiger partial charge is 0.493 e. The fourth-order valence-electron chi connectivity index (χ4n) is 1.57. The molecule has 0 aliphatic rings. The van der Waals surface area contributed by atoms with Crippen LogP contribution in [0.15, 0.2) is 24.3 Å². The molecular weight excluding hydrogens is 272 g/mol. The van der Waals surface area contributed by atoms with Gasteiger partial charge in [0.1, 0.15) is 5.75 Å². The van der Waals surface area contributed by atoms with E-state index in [1.807, 2.05) is 24.3 Å². The number of nitrogens with one attached hydrogen (secondary N) is 2. The van der Waals surface area contributed by atoms with Crippen LogP contribution in [-0.2, 0) is 11.3 Å². The van der Waals surface area contributed by atoms with Gasteiger partial charge in [-0.25, -0.2) is 4.79 Å². The fourth-order valence-corrected chi connectivity index (χ4v) is 1.57. The molecule has 0 fully saturated rings. The number of carboxylic acids is 1. The van der Waals surface area contributed by atoms with Gasteiger partial charge in [-0.05, 0) is 12.0 Å². The number of amides is 2. The predicted molar refractivity (Wildman–Crippen MR) is 79.3 cm³/mol. The van der Waals surface area contributed by atoms with Crippen LogP contribution in [0.25, 0.3) is 0 Å². The van der Waals surface area contributed by atoms with E-state index in [1.54, 1.807) is 0 Å². The van der Waals surface area contributed by atoms with Crippen molar-refractivity contribution in [1.82, 2.24) is 10.6 Å². The van der Waals surface area contributed by atoms with Gasteiger partial charge in [-0.1, -0.05) is 32.0 Å². The lowest BCUT2D eigenvalue weighted by Crippen LogP contribution is -2.36. The topological polar surface area (TPSA) is 87.7 Å². The highest BCUT2D eigenvalue weighted by molar-refractivity contribution is 5.75. The van der Waals surface area contributed by atoms with Crippen molar-refractivity contribution >= 4 is 12.0 Å². The van der Waals surface area contributed by atoms with E-state index < -0.39 is 12.0 Å². The van der Waals surface area contributed by atoms with Gasteiger partial charge in [0.15, 0.2) is 0 Å². The summed E-state index contributed by atoms with van der Waals surface area (Å²) in [7, 11) is 0. The Labute approximate surface area is 124 Å². The van der Waals surface area contributed by atoms with E-state index in [0.29, 0.717) is 19.1 Å². The summed E-state index contributed by atoms with van der Waals surface area (Å²) in [6, 6.07) is 7.11. The molecule has 1 aromatic carbocycles. The molecule has 6 heteroatoms. The molecular formula is C15H22N2O4. The molecule has 3 N–H and O–H groups in total. The molecule has 0 aliphatic carbocycles. The predicted octanol–water partition coefficient (Wildman–Crippen LogP) is 2.00. The SMILES string of the molecule is CC(C)COc1ccccc1CNC(=O)NCCC(=O)O. The first kappa shape index (κ1) is 16.8. The third-order valence-corrected chi connectivity index (χ3v) is 2.61. The smallest absolute Gasteiger partial charge is 0.315 e. The number of hydrogen-bond donors (Lipinski definition) is 3. The first-order chi connectivity index (χ1) is 9.99. The van der Waals surface area contributed by atoms with Crippen molar-refractivity contribution in [3.05, 3.63) is 29.8 Å². The van der Waals surface area contributed by atoms with Crippen molar-refractivity contribution in [1.29, 1.82) is 0 Å². The molecule has 0 unspecified atom stereocenters. The van der Waals surface area contributed by atoms with Crippen molar-refractivity contribution < 1.29 is 19.4 Å². The number of para-hydroxylation sites is 1. The lowest BCUT2D eigenvalue weighted by molar-refractivity contribution is -0.136. The van der Waals surface area contributed by atoms with Gasteiger partial charge in [-0.15, -0.1) is 0 Å². The van der Waals surface area contributed by atoms with Gasteiger partial charge >= 0.3 is 12.0 Å². The number of carbonyl (C=O) groups excluding carboxylic acids is 1.